The Morgan fingerprint density at radius 2 is 2.22 bits per heavy atom. The summed E-state index contributed by atoms with van der Waals surface area (Å²) >= 11 is 0. The number of rotatable bonds is 5. The Labute approximate surface area is 110 Å². The van der Waals surface area contributed by atoms with Crippen molar-refractivity contribution in [2.75, 3.05) is 34.3 Å². The Bertz CT molecular complexity index is 390. The number of nitrogens with zero attached hydrogens (tertiary/aromatic N) is 1. The van der Waals surface area contributed by atoms with Gasteiger partial charge in [0.1, 0.15) is 12.4 Å². The van der Waals surface area contributed by atoms with Gasteiger partial charge in [-0.05, 0) is 63.7 Å². The van der Waals surface area contributed by atoms with Crippen molar-refractivity contribution in [3.05, 3.63) is 29.3 Å². The van der Waals surface area contributed by atoms with Crippen molar-refractivity contribution in [3.8, 4) is 5.75 Å². The van der Waals surface area contributed by atoms with Crippen LogP contribution in [0.25, 0.3) is 0 Å². The van der Waals surface area contributed by atoms with Gasteiger partial charge in [0.25, 0.3) is 0 Å². The molecule has 2 rings (SSSR count). The molecule has 18 heavy (non-hydrogen) atoms. The minimum Gasteiger partial charge on any atom is -0.492 e. The largest absolute Gasteiger partial charge is 0.492 e. The first kappa shape index (κ1) is 13.4. The SMILES string of the molecule is CNC1CCCc2ccc(OCCN(C)C)cc21. The van der Waals surface area contributed by atoms with E-state index in [1.54, 1.807) is 0 Å². The maximum absolute atomic E-state index is 5.81. The van der Waals surface area contributed by atoms with E-state index in [1.165, 1.54) is 30.4 Å². The van der Waals surface area contributed by atoms with Gasteiger partial charge in [-0.15, -0.1) is 0 Å². The third-order valence-electron chi connectivity index (χ3n) is 3.59. The molecule has 1 aromatic rings. The first-order valence-corrected chi connectivity index (χ1v) is 6.78. The van der Waals surface area contributed by atoms with Gasteiger partial charge in [-0.3, -0.25) is 0 Å². The molecule has 0 bridgehead atoms. The van der Waals surface area contributed by atoms with Crippen molar-refractivity contribution in [3.63, 3.8) is 0 Å². The van der Waals surface area contributed by atoms with E-state index in [4.69, 9.17) is 4.74 Å². The number of ether oxygens (including phenoxy) is 1. The number of nitrogens with one attached hydrogen (secondary N) is 1. The van der Waals surface area contributed by atoms with Gasteiger partial charge < -0.3 is 15.0 Å². The molecule has 0 aromatic heterocycles. The van der Waals surface area contributed by atoms with Gasteiger partial charge in [0.2, 0.25) is 0 Å². The summed E-state index contributed by atoms with van der Waals surface area (Å²) in [6.07, 6.45) is 3.70. The zero-order chi connectivity index (χ0) is 13.0. The quantitative estimate of drug-likeness (QED) is 0.865. The number of likely N-dealkylation sites (N-methyl/N-ethyl adjacent to an activating group) is 1. The number of benzene rings is 1. The molecule has 0 heterocycles. The van der Waals surface area contributed by atoms with E-state index in [2.05, 4.69) is 42.5 Å². The molecule has 1 aliphatic carbocycles. The smallest absolute Gasteiger partial charge is 0.119 e. The molecule has 0 fully saturated rings. The molecule has 100 valence electrons. The van der Waals surface area contributed by atoms with Gasteiger partial charge in [0.15, 0.2) is 0 Å². The van der Waals surface area contributed by atoms with Crippen LogP contribution in [0.1, 0.15) is 30.0 Å². The van der Waals surface area contributed by atoms with Crippen molar-refractivity contribution in [1.29, 1.82) is 0 Å². The van der Waals surface area contributed by atoms with Crippen LogP contribution in [0.3, 0.4) is 0 Å². The predicted molar refractivity (Wildman–Crippen MR) is 75.2 cm³/mol. The Morgan fingerprint density at radius 1 is 1.39 bits per heavy atom. The minimum atomic E-state index is 0.492. The number of hydrogen-bond acceptors (Lipinski definition) is 3. The van der Waals surface area contributed by atoms with E-state index in [-0.39, 0.29) is 0 Å². The van der Waals surface area contributed by atoms with E-state index < -0.39 is 0 Å². The van der Waals surface area contributed by atoms with Crippen molar-refractivity contribution in [1.82, 2.24) is 10.2 Å². The van der Waals surface area contributed by atoms with E-state index in [0.717, 1.165) is 18.9 Å². The van der Waals surface area contributed by atoms with Crippen molar-refractivity contribution in [2.45, 2.75) is 25.3 Å². The lowest BCUT2D eigenvalue weighted by atomic mass is 9.87. The highest BCUT2D eigenvalue weighted by atomic mass is 16.5. The van der Waals surface area contributed by atoms with Crippen LogP contribution in [0.15, 0.2) is 18.2 Å². The predicted octanol–water partition coefficient (Wildman–Crippen LogP) is 2.22. The highest BCUT2D eigenvalue weighted by Crippen LogP contribution is 2.32. The van der Waals surface area contributed by atoms with Crippen LogP contribution in [0.5, 0.6) is 5.75 Å². The van der Waals surface area contributed by atoms with Crippen LogP contribution in [-0.4, -0.2) is 39.2 Å². The monoisotopic (exact) mass is 248 g/mol. The molecule has 3 nitrogen and oxygen atoms in total. The van der Waals surface area contributed by atoms with Crippen molar-refractivity contribution < 1.29 is 4.74 Å². The van der Waals surface area contributed by atoms with Gasteiger partial charge in [-0.25, -0.2) is 0 Å². The van der Waals surface area contributed by atoms with Gasteiger partial charge >= 0.3 is 0 Å². The molecule has 3 heteroatoms. The highest BCUT2D eigenvalue weighted by molar-refractivity contribution is 5.39. The van der Waals surface area contributed by atoms with E-state index in [9.17, 15) is 0 Å². The standard InChI is InChI=1S/C15H24N2O/c1-16-15-6-4-5-12-7-8-13(11-14(12)15)18-10-9-17(2)3/h7-8,11,15-16H,4-6,9-10H2,1-3H3. The van der Waals surface area contributed by atoms with Crippen LogP contribution in [-0.2, 0) is 6.42 Å². The van der Waals surface area contributed by atoms with E-state index in [1.807, 2.05) is 7.05 Å². The maximum atomic E-state index is 5.81. The van der Waals surface area contributed by atoms with Crippen molar-refractivity contribution >= 4 is 0 Å². The normalized spacial score (nSPS) is 18.8. The first-order valence-electron chi connectivity index (χ1n) is 6.78. The summed E-state index contributed by atoms with van der Waals surface area (Å²) in [6.45, 7) is 1.70. The summed E-state index contributed by atoms with van der Waals surface area (Å²) in [5.41, 5.74) is 2.90. The summed E-state index contributed by atoms with van der Waals surface area (Å²) in [6, 6.07) is 7.04. The van der Waals surface area contributed by atoms with Gasteiger partial charge in [-0.1, -0.05) is 6.07 Å². The number of aryl methyl sites for hydroxylation is 1. The molecule has 0 aliphatic heterocycles. The highest BCUT2D eigenvalue weighted by Gasteiger charge is 2.19. The molecular weight excluding hydrogens is 224 g/mol. The molecule has 0 spiro atoms. The Balaban J connectivity index is 2.05. The maximum Gasteiger partial charge on any atom is 0.119 e. The molecule has 1 aromatic carbocycles. The number of fused-ring (bicyclic) bond motifs is 1. The second-order valence-electron chi connectivity index (χ2n) is 5.25. The zero-order valence-electron chi connectivity index (χ0n) is 11.7. The fourth-order valence-electron chi connectivity index (χ4n) is 2.51. The minimum absolute atomic E-state index is 0.492. The van der Waals surface area contributed by atoms with Crippen LogP contribution >= 0.6 is 0 Å². The molecule has 0 saturated carbocycles. The lowest BCUT2D eigenvalue weighted by Crippen LogP contribution is -2.22. The van der Waals surface area contributed by atoms with Crippen LogP contribution in [0.2, 0.25) is 0 Å². The van der Waals surface area contributed by atoms with Gasteiger partial charge in [0.05, 0.1) is 0 Å². The van der Waals surface area contributed by atoms with Crippen LogP contribution < -0.4 is 10.1 Å². The second-order valence-corrected chi connectivity index (χ2v) is 5.25. The average Bonchev–Trinajstić information content (AvgIpc) is 2.37. The third kappa shape index (κ3) is 3.24. The zero-order valence-corrected chi connectivity index (χ0v) is 11.7. The molecule has 0 amide bonds. The Hall–Kier alpha value is -1.06. The summed E-state index contributed by atoms with van der Waals surface area (Å²) in [4.78, 5) is 2.13. The van der Waals surface area contributed by atoms with Gasteiger partial charge in [-0.2, -0.15) is 0 Å². The molecule has 0 saturated heterocycles. The first-order chi connectivity index (χ1) is 8.70. The lowest BCUT2D eigenvalue weighted by Gasteiger charge is -2.25. The Kier molecular flexibility index (Phi) is 4.61. The van der Waals surface area contributed by atoms with E-state index >= 15 is 0 Å². The van der Waals surface area contributed by atoms with Crippen molar-refractivity contribution in [2.24, 2.45) is 0 Å². The molecule has 0 radical (unpaired) electrons. The average molecular weight is 248 g/mol. The lowest BCUT2D eigenvalue weighted by molar-refractivity contribution is 0.261. The second kappa shape index (κ2) is 6.21. The molecule has 1 atom stereocenters. The summed E-state index contributed by atoms with van der Waals surface area (Å²) < 4.78 is 5.81. The van der Waals surface area contributed by atoms with Crippen LogP contribution in [0, 0.1) is 0 Å². The van der Waals surface area contributed by atoms with Gasteiger partial charge in [0, 0.05) is 12.6 Å². The van der Waals surface area contributed by atoms with E-state index in [0.29, 0.717) is 6.04 Å². The topological polar surface area (TPSA) is 24.5 Å². The summed E-state index contributed by atoms with van der Waals surface area (Å²) in [5, 5.41) is 3.40. The fraction of sp³-hybridized carbons (Fsp3) is 0.600. The fourth-order valence-corrected chi connectivity index (χ4v) is 2.51. The molecule has 1 aliphatic rings. The summed E-state index contributed by atoms with van der Waals surface area (Å²) in [7, 11) is 6.17. The van der Waals surface area contributed by atoms with Crippen LogP contribution in [0.4, 0.5) is 0 Å². The molecular formula is C15H24N2O. The Morgan fingerprint density at radius 3 is 2.94 bits per heavy atom. The molecule has 1 N–H and O–H groups in total. The third-order valence-corrected chi connectivity index (χ3v) is 3.59. The molecule has 1 unspecified atom stereocenters. The number of hydrogen-bond donors (Lipinski definition) is 1. The summed E-state index contributed by atoms with van der Waals surface area (Å²) in [5.74, 6) is 0.998.